The lowest BCUT2D eigenvalue weighted by Crippen LogP contribution is -2.32. The number of rotatable bonds is 17. The van der Waals surface area contributed by atoms with Crippen molar-refractivity contribution < 1.29 is 20.1 Å². The molecule has 0 saturated heterocycles. The van der Waals surface area contributed by atoms with Gasteiger partial charge in [-0.2, -0.15) is 0 Å². The zero-order valence-corrected chi connectivity index (χ0v) is 19.0. The molecule has 4 nitrogen and oxygen atoms in total. The molecule has 0 aliphatic heterocycles. The van der Waals surface area contributed by atoms with E-state index >= 15 is 0 Å². The minimum absolute atomic E-state index is 0.156. The zero-order chi connectivity index (χ0) is 20.8. The topological polar surface area (TPSA) is 69.9 Å². The molecule has 0 aliphatic carbocycles. The number of aliphatic hydroxyl groups is 3. The van der Waals surface area contributed by atoms with Gasteiger partial charge in [0.2, 0.25) is 0 Å². The molecule has 0 aromatic heterocycles. The highest BCUT2D eigenvalue weighted by molar-refractivity contribution is 7.80. The molecule has 0 aromatic rings. The van der Waals surface area contributed by atoms with E-state index in [4.69, 9.17) is 32.3 Å². The highest BCUT2D eigenvalue weighted by Crippen LogP contribution is 2.18. The molecule has 0 unspecified atom stereocenters. The monoisotopic (exact) mass is 406 g/mol. The molecule has 0 aliphatic rings. The maximum absolute atomic E-state index is 8.66. The van der Waals surface area contributed by atoms with E-state index in [1.165, 1.54) is 64.2 Å². The highest BCUT2D eigenvalue weighted by atomic mass is 32.1. The van der Waals surface area contributed by atoms with Gasteiger partial charge in [0.25, 0.3) is 0 Å². The van der Waals surface area contributed by atoms with Crippen LogP contribution in [-0.2, 0) is 4.74 Å². The molecular formula is C22H46O4S. The van der Waals surface area contributed by atoms with Gasteiger partial charge in [-0.1, -0.05) is 85.0 Å². The van der Waals surface area contributed by atoms with E-state index in [1.807, 2.05) is 13.8 Å². The number of thiocarbonyl (C=S) groups is 1. The van der Waals surface area contributed by atoms with Crippen LogP contribution in [0.4, 0.5) is 0 Å². The molecule has 0 heterocycles. The van der Waals surface area contributed by atoms with Gasteiger partial charge >= 0.3 is 0 Å². The molecule has 0 radical (unpaired) electrons. The summed E-state index contributed by atoms with van der Waals surface area (Å²) in [6.45, 7) is 6.50. The van der Waals surface area contributed by atoms with Crippen molar-refractivity contribution in [3.63, 3.8) is 0 Å². The fraction of sp³-hybridized carbons (Fsp3) is 0.955. The van der Waals surface area contributed by atoms with Gasteiger partial charge in [-0.3, -0.25) is 0 Å². The average molecular weight is 407 g/mol. The Hall–Kier alpha value is -0.230. The molecule has 164 valence electrons. The molecule has 0 atom stereocenters. The van der Waals surface area contributed by atoms with E-state index in [-0.39, 0.29) is 19.8 Å². The first kappa shape index (κ1) is 29.0. The van der Waals surface area contributed by atoms with Crippen LogP contribution in [0.1, 0.15) is 104 Å². The van der Waals surface area contributed by atoms with E-state index in [9.17, 15) is 0 Å². The van der Waals surface area contributed by atoms with E-state index in [0.717, 1.165) is 24.5 Å². The Morgan fingerprint density at radius 2 is 1.11 bits per heavy atom. The Balaban J connectivity index is 0. The molecule has 27 heavy (non-hydrogen) atoms. The Morgan fingerprint density at radius 1 is 0.704 bits per heavy atom. The standard InChI is InChI=1S/C16H32OS.C6H14O3/c1-3-5-6-7-8-9-10-11-12-13-14-15-17-16(18)4-2;1-2-6(3-7,4-8)5-9/h3-15H2,1-2H3;7-9H,2-5H2,1H3. The lowest BCUT2D eigenvalue weighted by atomic mass is 9.88. The summed E-state index contributed by atoms with van der Waals surface area (Å²) in [5.41, 5.74) is -0.667. The van der Waals surface area contributed by atoms with Crippen molar-refractivity contribution in [2.45, 2.75) is 104 Å². The molecule has 0 amide bonds. The number of hydrogen-bond donors (Lipinski definition) is 3. The number of ether oxygens (including phenoxy) is 1. The summed E-state index contributed by atoms with van der Waals surface area (Å²) in [5.74, 6) is 0. The summed E-state index contributed by atoms with van der Waals surface area (Å²) < 4.78 is 5.41. The van der Waals surface area contributed by atoms with Crippen molar-refractivity contribution in [2.24, 2.45) is 5.41 Å². The predicted octanol–water partition coefficient (Wildman–Crippen LogP) is 5.41. The minimum atomic E-state index is -0.667. The van der Waals surface area contributed by atoms with E-state index in [1.54, 1.807) is 0 Å². The van der Waals surface area contributed by atoms with Crippen LogP contribution in [0.15, 0.2) is 0 Å². The van der Waals surface area contributed by atoms with E-state index in [2.05, 4.69) is 6.92 Å². The van der Waals surface area contributed by atoms with Crippen LogP contribution in [0.5, 0.6) is 0 Å². The molecule has 0 saturated carbocycles. The Labute approximate surface area is 173 Å². The van der Waals surface area contributed by atoms with Crippen molar-refractivity contribution in [2.75, 3.05) is 26.4 Å². The fourth-order valence-corrected chi connectivity index (χ4v) is 2.62. The Kier molecular flexibility index (Phi) is 23.7. The van der Waals surface area contributed by atoms with Crippen LogP contribution in [0, 0.1) is 5.41 Å². The van der Waals surface area contributed by atoms with Crippen molar-refractivity contribution in [1.29, 1.82) is 0 Å². The molecule has 0 fully saturated rings. The van der Waals surface area contributed by atoms with Gasteiger partial charge in [0.1, 0.15) is 0 Å². The van der Waals surface area contributed by atoms with Gasteiger partial charge in [-0.25, -0.2) is 0 Å². The molecule has 3 N–H and O–H groups in total. The second kappa shape index (κ2) is 22.1. The number of hydrogen-bond acceptors (Lipinski definition) is 5. The molecule has 5 heteroatoms. The molecule has 0 spiro atoms. The highest BCUT2D eigenvalue weighted by Gasteiger charge is 2.24. The van der Waals surface area contributed by atoms with Gasteiger partial charge in [0.15, 0.2) is 5.05 Å². The van der Waals surface area contributed by atoms with Crippen LogP contribution in [0.25, 0.3) is 0 Å². The van der Waals surface area contributed by atoms with Gasteiger partial charge in [0, 0.05) is 11.8 Å². The van der Waals surface area contributed by atoms with Crippen molar-refractivity contribution in [3.05, 3.63) is 0 Å². The zero-order valence-electron chi connectivity index (χ0n) is 18.2. The first-order valence-electron chi connectivity index (χ1n) is 11.0. The summed E-state index contributed by atoms with van der Waals surface area (Å²) in [6, 6.07) is 0. The van der Waals surface area contributed by atoms with Gasteiger partial charge < -0.3 is 20.1 Å². The third-order valence-corrected chi connectivity index (χ3v) is 5.46. The summed E-state index contributed by atoms with van der Waals surface area (Å²) in [6.07, 6.45) is 16.6. The summed E-state index contributed by atoms with van der Waals surface area (Å²) in [4.78, 5) is 0. The second-order valence-corrected chi connectivity index (χ2v) is 7.89. The maximum atomic E-state index is 8.66. The van der Waals surface area contributed by atoms with Crippen molar-refractivity contribution in [1.82, 2.24) is 0 Å². The lowest BCUT2D eigenvalue weighted by Gasteiger charge is -2.24. The largest absolute Gasteiger partial charge is 0.487 e. The normalized spacial score (nSPS) is 11.0. The van der Waals surface area contributed by atoms with Gasteiger partial charge in [-0.15, -0.1) is 0 Å². The first-order valence-corrected chi connectivity index (χ1v) is 11.4. The number of aliphatic hydroxyl groups excluding tert-OH is 3. The summed E-state index contributed by atoms with van der Waals surface area (Å²) >= 11 is 5.01. The van der Waals surface area contributed by atoms with Crippen LogP contribution < -0.4 is 0 Å². The quantitative estimate of drug-likeness (QED) is 0.222. The molecule has 0 bridgehead atoms. The number of unbranched alkanes of at least 4 members (excludes halogenated alkanes) is 10. The Bertz CT molecular complexity index is 289. The van der Waals surface area contributed by atoms with Crippen LogP contribution in [0.2, 0.25) is 0 Å². The second-order valence-electron chi connectivity index (χ2n) is 7.44. The molecule has 0 rings (SSSR count). The lowest BCUT2D eigenvalue weighted by molar-refractivity contribution is 0.00304. The van der Waals surface area contributed by atoms with Gasteiger partial charge in [0.05, 0.1) is 26.4 Å². The molecule has 0 aromatic carbocycles. The third-order valence-electron chi connectivity index (χ3n) is 5.06. The van der Waals surface area contributed by atoms with Crippen LogP contribution in [-0.4, -0.2) is 46.8 Å². The van der Waals surface area contributed by atoms with E-state index < -0.39 is 5.41 Å². The molecular weight excluding hydrogens is 360 g/mol. The van der Waals surface area contributed by atoms with Gasteiger partial charge in [-0.05, 0) is 25.1 Å². The van der Waals surface area contributed by atoms with Crippen LogP contribution >= 0.6 is 12.2 Å². The fourth-order valence-electron chi connectivity index (χ4n) is 2.54. The maximum Gasteiger partial charge on any atom is 0.159 e. The van der Waals surface area contributed by atoms with Crippen LogP contribution in [0.3, 0.4) is 0 Å². The third kappa shape index (κ3) is 18.9. The smallest absolute Gasteiger partial charge is 0.159 e. The van der Waals surface area contributed by atoms with Crippen molar-refractivity contribution in [3.8, 4) is 0 Å². The summed E-state index contributed by atoms with van der Waals surface area (Å²) in [7, 11) is 0. The summed E-state index contributed by atoms with van der Waals surface area (Å²) in [5, 5.41) is 26.7. The Morgan fingerprint density at radius 3 is 1.41 bits per heavy atom. The van der Waals surface area contributed by atoms with E-state index in [0.29, 0.717) is 6.42 Å². The van der Waals surface area contributed by atoms with Crippen molar-refractivity contribution >= 4 is 17.3 Å². The average Bonchev–Trinajstić information content (AvgIpc) is 2.71. The minimum Gasteiger partial charge on any atom is -0.487 e. The predicted molar refractivity (Wildman–Crippen MR) is 119 cm³/mol. The SMILES string of the molecule is CCC(CO)(CO)CO.CCCCCCCCCCCCCOC(=S)CC. The first-order chi connectivity index (χ1) is 13.1.